The highest BCUT2D eigenvalue weighted by Gasteiger charge is 2.26. The van der Waals surface area contributed by atoms with Gasteiger partial charge in [0.2, 0.25) is 0 Å². The zero-order chi connectivity index (χ0) is 18.7. The quantitative estimate of drug-likeness (QED) is 0.868. The molecule has 0 saturated heterocycles. The molecule has 0 radical (unpaired) electrons. The number of halogens is 2. The fraction of sp³-hybridized carbons (Fsp3) is 0.316. The number of rotatable bonds is 4. The Morgan fingerprint density at radius 3 is 2.42 bits per heavy atom. The molecule has 1 aromatic carbocycles. The van der Waals surface area contributed by atoms with Crippen LogP contribution in [0.15, 0.2) is 47.1 Å². The van der Waals surface area contributed by atoms with Gasteiger partial charge in [0.05, 0.1) is 12.2 Å². The summed E-state index contributed by atoms with van der Waals surface area (Å²) in [5.74, 6) is -3.36. The molecule has 1 aromatic rings. The van der Waals surface area contributed by atoms with E-state index in [0.29, 0.717) is 5.57 Å². The van der Waals surface area contributed by atoms with Gasteiger partial charge in [-0.15, -0.1) is 0 Å². The molecule has 2 N–H and O–H groups in total. The Bertz CT molecular complexity index is 804. The fourth-order valence-electron chi connectivity index (χ4n) is 3.10. The molecule has 136 valence electrons. The molecule has 5 nitrogen and oxygen atoms in total. The van der Waals surface area contributed by atoms with Crippen LogP contribution >= 0.6 is 0 Å². The van der Waals surface area contributed by atoms with Gasteiger partial charge in [0, 0.05) is 6.04 Å². The lowest BCUT2D eigenvalue weighted by molar-refractivity contribution is -0.115. The summed E-state index contributed by atoms with van der Waals surface area (Å²) in [4.78, 5) is 29.0. The van der Waals surface area contributed by atoms with E-state index < -0.39 is 29.0 Å². The van der Waals surface area contributed by atoms with Crippen LogP contribution in [0.5, 0.6) is 0 Å². The molecule has 0 aromatic heterocycles. The van der Waals surface area contributed by atoms with Gasteiger partial charge in [-0.05, 0) is 36.6 Å². The molecule has 1 heterocycles. The number of amides is 2. The average Bonchev–Trinajstić information content (AvgIpc) is 3.07. The Morgan fingerprint density at radius 1 is 1.12 bits per heavy atom. The van der Waals surface area contributed by atoms with Crippen molar-refractivity contribution in [3.05, 3.63) is 59.3 Å². The number of aliphatic imine (C=N–C) groups is 1. The monoisotopic (exact) mass is 359 g/mol. The van der Waals surface area contributed by atoms with E-state index in [2.05, 4.69) is 22.2 Å². The van der Waals surface area contributed by atoms with E-state index in [1.54, 1.807) is 0 Å². The molecule has 0 spiro atoms. The molecule has 2 amide bonds. The van der Waals surface area contributed by atoms with Gasteiger partial charge < -0.3 is 10.6 Å². The first-order chi connectivity index (χ1) is 12.5. The molecule has 1 aliphatic heterocycles. The van der Waals surface area contributed by atoms with Crippen LogP contribution in [0, 0.1) is 11.6 Å². The van der Waals surface area contributed by atoms with E-state index in [0.717, 1.165) is 37.8 Å². The van der Waals surface area contributed by atoms with Crippen molar-refractivity contribution in [3.63, 3.8) is 0 Å². The Balaban J connectivity index is 1.79. The Kier molecular flexibility index (Phi) is 5.25. The molecular formula is C19H19F2N3O2. The van der Waals surface area contributed by atoms with Gasteiger partial charge in [-0.1, -0.05) is 25.5 Å². The summed E-state index contributed by atoms with van der Waals surface area (Å²) in [5.41, 5.74) is -0.00865. The molecule has 1 fully saturated rings. The van der Waals surface area contributed by atoms with Crippen molar-refractivity contribution >= 4 is 17.5 Å². The van der Waals surface area contributed by atoms with Crippen molar-refractivity contribution < 1.29 is 18.4 Å². The molecule has 3 rings (SSSR count). The van der Waals surface area contributed by atoms with Gasteiger partial charge in [0.15, 0.2) is 0 Å². The normalized spacial score (nSPS) is 17.5. The molecule has 0 unspecified atom stereocenters. The standard InChI is InChI=1S/C19H19F2N3O2/c1-11-9-15(24-18(25)16-13(20)7-4-8-14(16)21)17(22-10-11)19(26)23-12-5-2-3-6-12/h4,7-9,12H,1-3,5-6,10H2,(H,23,26)(H,24,25). The third kappa shape index (κ3) is 3.87. The zero-order valence-corrected chi connectivity index (χ0v) is 14.1. The molecular weight excluding hydrogens is 340 g/mol. The number of hydrogen-bond donors (Lipinski definition) is 2. The molecule has 2 aliphatic rings. The van der Waals surface area contributed by atoms with Crippen LogP contribution in [0.3, 0.4) is 0 Å². The van der Waals surface area contributed by atoms with Crippen LogP contribution in [0.25, 0.3) is 0 Å². The van der Waals surface area contributed by atoms with Crippen molar-refractivity contribution in [2.45, 2.75) is 31.7 Å². The van der Waals surface area contributed by atoms with E-state index >= 15 is 0 Å². The second-order valence-electron chi connectivity index (χ2n) is 6.39. The lowest BCUT2D eigenvalue weighted by Gasteiger charge is -2.19. The summed E-state index contributed by atoms with van der Waals surface area (Å²) < 4.78 is 27.6. The molecule has 0 atom stereocenters. The lowest BCUT2D eigenvalue weighted by atomic mass is 10.1. The van der Waals surface area contributed by atoms with Gasteiger partial charge in [0.1, 0.15) is 22.9 Å². The minimum absolute atomic E-state index is 0.0365. The Labute approximate surface area is 149 Å². The number of hydrogen-bond acceptors (Lipinski definition) is 3. The Hall–Kier alpha value is -2.83. The second-order valence-corrected chi connectivity index (χ2v) is 6.39. The predicted octanol–water partition coefficient (Wildman–Crippen LogP) is 2.65. The van der Waals surface area contributed by atoms with Crippen molar-refractivity contribution in [1.82, 2.24) is 10.6 Å². The van der Waals surface area contributed by atoms with Crippen LogP contribution in [0.2, 0.25) is 0 Å². The number of benzene rings is 1. The average molecular weight is 359 g/mol. The van der Waals surface area contributed by atoms with Gasteiger partial charge in [-0.2, -0.15) is 0 Å². The van der Waals surface area contributed by atoms with Crippen LogP contribution in [-0.2, 0) is 4.79 Å². The summed E-state index contributed by atoms with van der Waals surface area (Å²) in [6.07, 6.45) is 5.41. The number of nitrogens with zero attached hydrogens (tertiary/aromatic N) is 1. The molecule has 0 bridgehead atoms. The maximum absolute atomic E-state index is 13.8. The van der Waals surface area contributed by atoms with Gasteiger partial charge >= 0.3 is 0 Å². The lowest BCUT2D eigenvalue weighted by Crippen LogP contribution is -2.42. The SMILES string of the molecule is C=C1C=C(NC(=O)c2c(F)cccc2F)C(C(=O)NC2CCCC2)=NC1. The van der Waals surface area contributed by atoms with E-state index in [9.17, 15) is 18.4 Å². The molecule has 1 saturated carbocycles. The van der Waals surface area contributed by atoms with Crippen molar-refractivity contribution in [2.24, 2.45) is 4.99 Å². The first-order valence-electron chi connectivity index (χ1n) is 8.46. The first kappa shape index (κ1) is 18.0. The summed E-state index contributed by atoms with van der Waals surface area (Å²) in [5, 5.41) is 5.28. The van der Waals surface area contributed by atoms with Gasteiger partial charge in [0.25, 0.3) is 11.8 Å². The largest absolute Gasteiger partial charge is 0.348 e. The maximum atomic E-state index is 13.8. The van der Waals surface area contributed by atoms with Crippen molar-refractivity contribution in [1.29, 1.82) is 0 Å². The zero-order valence-electron chi connectivity index (χ0n) is 14.1. The summed E-state index contributed by atoms with van der Waals surface area (Å²) >= 11 is 0. The van der Waals surface area contributed by atoms with Crippen molar-refractivity contribution in [2.75, 3.05) is 6.54 Å². The third-order valence-electron chi connectivity index (χ3n) is 4.39. The molecule has 7 heteroatoms. The van der Waals surface area contributed by atoms with Crippen LogP contribution < -0.4 is 10.6 Å². The van der Waals surface area contributed by atoms with Crippen LogP contribution in [0.1, 0.15) is 36.0 Å². The minimum Gasteiger partial charge on any atom is -0.348 e. The number of carbonyl (C=O) groups excluding carboxylic acids is 2. The van der Waals surface area contributed by atoms with Gasteiger partial charge in [-0.3, -0.25) is 14.6 Å². The van der Waals surface area contributed by atoms with Crippen LogP contribution in [-0.4, -0.2) is 30.1 Å². The highest BCUT2D eigenvalue weighted by atomic mass is 19.1. The minimum atomic E-state index is -0.983. The van der Waals surface area contributed by atoms with Gasteiger partial charge in [-0.25, -0.2) is 8.78 Å². The molecule has 26 heavy (non-hydrogen) atoms. The topological polar surface area (TPSA) is 70.6 Å². The van der Waals surface area contributed by atoms with E-state index in [1.807, 2.05) is 0 Å². The smallest absolute Gasteiger partial charge is 0.271 e. The summed E-state index contributed by atoms with van der Waals surface area (Å²) in [7, 11) is 0. The maximum Gasteiger partial charge on any atom is 0.271 e. The predicted molar refractivity (Wildman–Crippen MR) is 93.7 cm³/mol. The summed E-state index contributed by atoms with van der Waals surface area (Å²) in [6, 6.07) is 3.24. The summed E-state index contributed by atoms with van der Waals surface area (Å²) in [6.45, 7) is 3.99. The van der Waals surface area contributed by atoms with Crippen molar-refractivity contribution in [3.8, 4) is 0 Å². The highest BCUT2D eigenvalue weighted by Crippen LogP contribution is 2.19. The van der Waals surface area contributed by atoms with Crippen LogP contribution in [0.4, 0.5) is 8.78 Å². The number of dihydropyridines is 1. The highest BCUT2D eigenvalue weighted by molar-refractivity contribution is 6.46. The van der Waals surface area contributed by atoms with E-state index in [1.165, 1.54) is 12.1 Å². The second kappa shape index (κ2) is 7.59. The van der Waals surface area contributed by atoms with E-state index in [4.69, 9.17) is 0 Å². The first-order valence-corrected chi connectivity index (χ1v) is 8.46. The molecule has 1 aliphatic carbocycles. The number of carbonyl (C=O) groups is 2. The fourth-order valence-corrected chi connectivity index (χ4v) is 3.10. The number of nitrogens with one attached hydrogen (secondary N) is 2. The Morgan fingerprint density at radius 2 is 1.77 bits per heavy atom. The third-order valence-corrected chi connectivity index (χ3v) is 4.39. The van der Waals surface area contributed by atoms with E-state index in [-0.39, 0.29) is 24.0 Å².